The van der Waals surface area contributed by atoms with E-state index in [-0.39, 0.29) is 17.5 Å². The molecule has 8 nitrogen and oxygen atoms in total. The van der Waals surface area contributed by atoms with Crippen LogP contribution in [0.2, 0.25) is 5.02 Å². The first-order chi connectivity index (χ1) is 14.3. The van der Waals surface area contributed by atoms with Gasteiger partial charge in [0.15, 0.2) is 5.43 Å². The molecule has 2 aromatic rings. The Bertz CT molecular complexity index is 1030. The van der Waals surface area contributed by atoms with Crippen molar-refractivity contribution in [2.45, 2.75) is 26.3 Å². The quantitative estimate of drug-likeness (QED) is 0.403. The SMILES string of the molecule is CO/N=C/CCOc1cc2c(cc1Cl)-c1cc(=O)c(C(=O)O)cn1C(C(C)C)CO2. The Morgan fingerprint density at radius 2 is 2.20 bits per heavy atom. The molecule has 0 radical (unpaired) electrons. The van der Waals surface area contributed by atoms with Crippen molar-refractivity contribution in [1.29, 1.82) is 0 Å². The summed E-state index contributed by atoms with van der Waals surface area (Å²) in [5.41, 5.74) is 0.303. The first-order valence-corrected chi connectivity index (χ1v) is 9.85. The molecule has 2 heterocycles. The molecular formula is C21H23ClN2O6. The number of hydrogen-bond acceptors (Lipinski definition) is 6. The lowest BCUT2D eigenvalue weighted by Gasteiger charge is -2.24. The zero-order chi connectivity index (χ0) is 21.8. The molecule has 1 unspecified atom stereocenters. The molecule has 1 aliphatic rings. The second-order valence-electron chi connectivity index (χ2n) is 7.16. The summed E-state index contributed by atoms with van der Waals surface area (Å²) in [6.07, 6.45) is 3.51. The van der Waals surface area contributed by atoms with Crippen LogP contribution in [-0.2, 0) is 4.84 Å². The molecule has 0 saturated carbocycles. The maximum Gasteiger partial charge on any atom is 0.341 e. The smallest absolute Gasteiger partial charge is 0.341 e. The van der Waals surface area contributed by atoms with E-state index in [1.807, 2.05) is 13.8 Å². The number of rotatable bonds is 7. The zero-order valence-corrected chi connectivity index (χ0v) is 17.7. The topological polar surface area (TPSA) is 99.4 Å². The van der Waals surface area contributed by atoms with E-state index in [0.29, 0.717) is 47.4 Å². The third kappa shape index (κ3) is 4.43. The van der Waals surface area contributed by atoms with Gasteiger partial charge < -0.3 is 24.0 Å². The molecule has 0 fully saturated rings. The van der Waals surface area contributed by atoms with Gasteiger partial charge in [0.2, 0.25) is 0 Å². The van der Waals surface area contributed by atoms with E-state index in [1.54, 1.807) is 22.9 Å². The minimum absolute atomic E-state index is 0.133. The summed E-state index contributed by atoms with van der Waals surface area (Å²) >= 11 is 6.42. The van der Waals surface area contributed by atoms with Crippen LogP contribution < -0.4 is 14.9 Å². The number of hydrogen-bond donors (Lipinski definition) is 1. The Morgan fingerprint density at radius 1 is 1.43 bits per heavy atom. The minimum atomic E-state index is -1.26. The number of benzene rings is 1. The van der Waals surface area contributed by atoms with E-state index in [4.69, 9.17) is 21.1 Å². The molecule has 1 atom stereocenters. The Balaban J connectivity index is 2.05. The van der Waals surface area contributed by atoms with Gasteiger partial charge >= 0.3 is 5.97 Å². The van der Waals surface area contributed by atoms with Gasteiger partial charge in [0.25, 0.3) is 0 Å². The summed E-state index contributed by atoms with van der Waals surface area (Å²) in [5, 5.41) is 13.4. The molecule has 160 valence electrons. The monoisotopic (exact) mass is 434 g/mol. The molecule has 9 heteroatoms. The van der Waals surface area contributed by atoms with Gasteiger partial charge in [-0.15, -0.1) is 0 Å². The van der Waals surface area contributed by atoms with E-state index < -0.39 is 11.4 Å². The first kappa shape index (κ1) is 21.7. The number of carboxylic acid groups (broad SMARTS) is 1. The number of ether oxygens (including phenoxy) is 2. The van der Waals surface area contributed by atoms with Crippen molar-refractivity contribution in [1.82, 2.24) is 4.57 Å². The Kier molecular flexibility index (Phi) is 6.66. The molecule has 0 spiro atoms. The molecular weight excluding hydrogens is 412 g/mol. The van der Waals surface area contributed by atoms with E-state index >= 15 is 0 Å². The van der Waals surface area contributed by atoms with Crippen molar-refractivity contribution in [2.75, 3.05) is 20.3 Å². The number of pyridine rings is 1. The highest BCUT2D eigenvalue weighted by atomic mass is 35.5. The van der Waals surface area contributed by atoms with Crippen LogP contribution in [0.25, 0.3) is 11.3 Å². The third-order valence-corrected chi connectivity index (χ3v) is 5.14. The van der Waals surface area contributed by atoms with Gasteiger partial charge in [-0.1, -0.05) is 30.6 Å². The van der Waals surface area contributed by atoms with Crippen molar-refractivity contribution >= 4 is 23.8 Å². The summed E-state index contributed by atoms with van der Waals surface area (Å²) in [7, 11) is 1.46. The van der Waals surface area contributed by atoms with Gasteiger partial charge in [0.05, 0.1) is 23.4 Å². The van der Waals surface area contributed by atoms with E-state index in [1.165, 1.54) is 19.4 Å². The van der Waals surface area contributed by atoms with E-state index in [0.717, 1.165) is 0 Å². The number of aromatic carboxylic acids is 1. The number of nitrogens with zero attached hydrogens (tertiary/aromatic N) is 2. The molecule has 1 aliphatic heterocycles. The summed E-state index contributed by atoms with van der Waals surface area (Å²) in [6, 6.07) is 4.52. The highest BCUT2D eigenvalue weighted by Crippen LogP contribution is 2.42. The van der Waals surface area contributed by atoms with Gasteiger partial charge in [-0.3, -0.25) is 4.79 Å². The highest BCUT2D eigenvalue weighted by molar-refractivity contribution is 6.32. The lowest BCUT2D eigenvalue weighted by atomic mass is 10.0. The molecule has 0 amide bonds. The maximum atomic E-state index is 12.4. The van der Waals surface area contributed by atoms with Crippen LogP contribution in [0.3, 0.4) is 0 Å². The molecule has 0 bridgehead atoms. The van der Waals surface area contributed by atoms with Crippen molar-refractivity contribution in [3.63, 3.8) is 0 Å². The molecule has 0 aliphatic carbocycles. The van der Waals surface area contributed by atoms with Crippen molar-refractivity contribution < 1.29 is 24.2 Å². The molecule has 1 aromatic heterocycles. The average Bonchev–Trinajstić information content (AvgIpc) is 2.83. The number of oxime groups is 1. The molecule has 1 N–H and O–H groups in total. The second kappa shape index (κ2) is 9.21. The van der Waals surface area contributed by atoms with Crippen LogP contribution in [0.15, 0.2) is 34.3 Å². The second-order valence-corrected chi connectivity index (χ2v) is 7.57. The number of halogens is 1. The Morgan fingerprint density at radius 3 is 2.87 bits per heavy atom. The van der Waals surface area contributed by atoms with Crippen molar-refractivity contribution in [2.24, 2.45) is 11.1 Å². The number of aromatic nitrogens is 1. The third-order valence-electron chi connectivity index (χ3n) is 4.84. The lowest BCUT2D eigenvalue weighted by molar-refractivity contribution is 0.0694. The normalized spacial score (nSPS) is 15.3. The maximum absolute atomic E-state index is 12.4. The molecule has 0 saturated heterocycles. The lowest BCUT2D eigenvalue weighted by Crippen LogP contribution is -2.25. The summed E-state index contributed by atoms with van der Waals surface area (Å²) in [4.78, 5) is 28.5. The van der Waals surface area contributed by atoms with Crippen molar-refractivity contribution in [3.05, 3.63) is 45.2 Å². The van der Waals surface area contributed by atoms with E-state index in [2.05, 4.69) is 9.99 Å². The Labute approximate surface area is 178 Å². The minimum Gasteiger partial charge on any atom is -0.492 e. The largest absolute Gasteiger partial charge is 0.492 e. The fraction of sp³-hybridized carbons (Fsp3) is 0.381. The van der Waals surface area contributed by atoms with Crippen LogP contribution >= 0.6 is 11.6 Å². The van der Waals surface area contributed by atoms with Crippen LogP contribution in [0.4, 0.5) is 0 Å². The van der Waals surface area contributed by atoms with Gasteiger partial charge in [-0.05, 0) is 12.0 Å². The summed E-state index contributed by atoms with van der Waals surface area (Å²) < 4.78 is 13.5. The predicted molar refractivity (Wildman–Crippen MR) is 113 cm³/mol. The molecule has 30 heavy (non-hydrogen) atoms. The fourth-order valence-electron chi connectivity index (χ4n) is 3.28. The highest BCUT2D eigenvalue weighted by Gasteiger charge is 2.27. The number of carbonyl (C=O) groups is 1. The van der Waals surface area contributed by atoms with Gasteiger partial charge in [0, 0.05) is 36.5 Å². The van der Waals surface area contributed by atoms with Crippen LogP contribution in [0, 0.1) is 5.92 Å². The average molecular weight is 435 g/mol. The van der Waals surface area contributed by atoms with Crippen LogP contribution in [-0.4, -0.2) is 42.2 Å². The molecule has 1 aromatic carbocycles. The number of carboxylic acids is 1. The standard InChI is InChI=1S/C21H23ClN2O6/c1-12(2)17-11-30-19-9-20(29-6-4-5-23-28-3)15(22)7-13(19)16-8-18(25)14(21(26)27)10-24(16)17/h5,7-10,12,17H,4,6,11H2,1-3H3,(H,26,27)/b23-5+. The van der Waals surface area contributed by atoms with Gasteiger partial charge in [-0.2, -0.15) is 0 Å². The van der Waals surface area contributed by atoms with E-state index in [9.17, 15) is 14.7 Å². The van der Waals surface area contributed by atoms with Gasteiger partial charge in [0.1, 0.15) is 30.8 Å². The predicted octanol–water partition coefficient (Wildman–Crippen LogP) is 3.86. The fourth-order valence-corrected chi connectivity index (χ4v) is 3.50. The number of fused-ring (bicyclic) bond motifs is 3. The first-order valence-electron chi connectivity index (χ1n) is 9.47. The summed E-state index contributed by atoms with van der Waals surface area (Å²) in [6.45, 7) is 4.67. The van der Waals surface area contributed by atoms with Crippen LogP contribution in [0.1, 0.15) is 36.7 Å². The summed E-state index contributed by atoms with van der Waals surface area (Å²) in [5.74, 6) is -0.171. The van der Waals surface area contributed by atoms with Crippen LogP contribution in [0.5, 0.6) is 11.5 Å². The zero-order valence-electron chi connectivity index (χ0n) is 16.9. The van der Waals surface area contributed by atoms with Crippen molar-refractivity contribution in [3.8, 4) is 22.8 Å². The van der Waals surface area contributed by atoms with Gasteiger partial charge in [-0.25, -0.2) is 4.79 Å². The Hall–Kier alpha value is -3.00. The molecule has 3 rings (SSSR count).